The predicted octanol–water partition coefficient (Wildman–Crippen LogP) is 0.213. The molecule has 87 valence electrons. The summed E-state index contributed by atoms with van der Waals surface area (Å²) in [4.78, 5) is 27.1. The van der Waals surface area contributed by atoms with Crippen LogP contribution in [0.5, 0.6) is 0 Å². The van der Waals surface area contributed by atoms with E-state index in [1.807, 2.05) is 0 Å². The van der Waals surface area contributed by atoms with Crippen LogP contribution in [0, 0.1) is 0 Å². The van der Waals surface area contributed by atoms with E-state index < -0.39 is 13.8 Å². The summed E-state index contributed by atoms with van der Waals surface area (Å²) in [7, 11) is -4.46. The molecule has 0 aliphatic rings. The topological polar surface area (TPSA) is 93.1 Å². The van der Waals surface area contributed by atoms with Gasteiger partial charge in [-0.3, -0.25) is 4.52 Å². The van der Waals surface area contributed by atoms with Crippen molar-refractivity contribution in [2.45, 2.75) is 6.92 Å². The zero-order valence-electron chi connectivity index (χ0n) is 7.40. The summed E-state index contributed by atoms with van der Waals surface area (Å²) >= 11 is 0. The van der Waals surface area contributed by atoms with E-state index in [9.17, 15) is 9.36 Å². The van der Waals surface area contributed by atoms with Gasteiger partial charge >= 0.3 is 13.8 Å². The molecule has 0 bridgehead atoms. The van der Waals surface area contributed by atoms with E-state index in [-0.39, 0.29) is 35.9 Å². The van der Waals surface area contributed by atoms with Crippen molar-refractivity contribution in [3.05, 3.63) is 12.2 Å². The third-order valence-corrected chi connectivity index (χ3v) is 1.44. The second kappa shape index (κ2) is 7.17. The van der Waals surface area contributed by atoms with Crippen LogP contribution in [-0.4, -0.2) is 29.0 Å². The van der Waals surface area contributed by atoms with E-state index in [0.29, 0.717) is 0 Å². The first-order valence-corrected chi connectivity index (χ1v) is 4.88. The first kappa shape index (κ1) is 16.3. The van der Waals surface area contributed by atoms with Gasteiger partial charge in [-0.1, -0.05) is 6.58 Å². The average Bonchev–Trinajstić information content (AvgIpc) is 1.95. The molecule has 0 aliphatic heterocycles. The molecule has 0 aliphatic carbocycles. The van der Waals surface area contributed by atoms with Crippen molar-refractivity contribution in [1.82, 2.24) is 0 Å². The van der Waals surface area contributed by atoms with Crippen molar-refractivity contribution < 1.29 is 45.5 Å². The molecule has 0 spiro atoms. The van der Waals surface area contributed by atoms with Crippen LogP contribution >= 0.6 is 7.82 Å². The minimum absolute atomic E-state index is 0. The Morgan fingerprint density at radius 1 is 1.43 bits per heavy atom. The summed E-state index contributed by atoms with van der Waals surface area (Å²) in [5.41, 5.74) is 0.219. The number of esters is 1. The predicted molar refractivity (Wildman–Crippen MR) is 43.8 cm³/mol. The van der Waals surface area contributed by atoms with Gasteiger partial charge in [0.05, 0.1) is 6.61 Å². The van der Waals surface area contributed by atoms with Gasteiger partial charge in [0.25, 0.3) is 0 Å². The van der Waals surface area contributed by atoms with Crippen LogP contribution in [0.4, 0.5) is 0 Å². The van der Waals surface area contributed by atoms with Gasteiger partial charge in [0.2, 0.25) is 0 Å². The van der Waals surface area contributed by atoms with Crippen LogP contribution in [0.3, 0.4) is 0 Å². The molecule has 0 rings (SSSR count). The van der Waals surface area contributed by atoms with E-state index in [1.54, 1.807) is 0 Å². The smallest absolute Gasteiger partial charge is 0.460 e. The third kappa shape index (κ3) is 9.92. The molecule has 6 nitrogen and oxygen atoms in total. The third-order valence-electron chi connectivity index (χ3n) is 0.924. The van der Waals surface area contributed by atoms with Crippen LogP contribution < -0.4 is 0 Å². The van der Waals surface area contributed by atoms with Gasteiger partial charge in [-0.2, -0.15) is 0 Å². The molecule has 0 aromatic carbocycles. The van der Waals surface area contributed by atoms with Gasteiger partial charge in [0, 0.05) is 22.6 Å². The van der Waals surface area contributed by atoms with Crippen molar-refractivity contribution in [2.24, 2.45) is 0 Å². The zero-order valence-corrected chi connectivity index (χ0v) is 9.23. The Morgan fingerprint density at radius 3 is 2.29 bits per heavy atom. The molecule has 0 aromatic rings. The molecular formula is C6H11CuO6P. The molecule has 0 heterocycles. The van der Waals surface area contributed by atoms with Crippen molar-refractivity contribution in [1.29, 1.82) is 0 Å². The fourth-order valence-corrected chi connectivity index (χ4v) is 0.726. The van der Waals surface area contributed by atoms with Gasteiger partial charge < -0.3 is 14.5 Å². The van der Waals surface area contributed by atoms with E-state index in [1.165, 1.54) is 6.92 Å². The van der Waals surface area contributed by atoms with E-state index in [0.717, 1.165) is 0 Å². The van der Waals surface area contributed by atoms with Crippen LogP contribution in [0.2, 0.25) is 0 Å². The van der Waals surface area contributed by atoms with Crippen molar-refractivity contribution in [3.63, 3.8) is 0 Å². The Bertz CT molecular complexity index is 247. The van der Waals surface area contributed by atoms with Crippen LogP contribution in [0.1, 0.15) is 6.92 Å². The number of rotatable bonds is 5. The molecule has 14 heavy (non-hydrogen) atoms. The van der Waals surface area contributed by atoms with Crippen LogP contribution in [-0.2, 0) is 35.7 Å². The molecule has 0 fully saturated rings. The number of ether oxygens (including phenoxy) is 1. The standard InChI is InChI=1S/C6H11O6P.Cu/c1-5(2)6(7)11-3-4-12-13(8,9)10;/h1,3-4H2,2H3,(H2,8,9,10);. The first-order chi connectivity index (χ1) is 5.83. The van der Waals surface area contributed by atoms with Crippen molar-refractivity contribution >= 4 is 13.8 Å². The maximum atomic E-state index is 10.7. The molecule has 0 saturated carbocycles. The zero-order chi connectivity index (χ0) is 10.5. The Kier molecular flexibility index (Phi) is 8.34. The SMILES string of the molecule is C=C(C)C(=O)OCCOP(=O)(O)O.[Cu]. The molecule has 0 aromatic heterocycles. The maximum Gasteiger partial charge on any atom is 0.469 e. The average molecular weight is 274 g/mol. The second-order valence-corrected chi connectivity index (χ2v) is 3.48. The number of carbonyl (C=O) groups excluding carboxylic acids is 1. The maximum absolute atomic E-state index is 10.7. The van der Waals surface area contributed by atoms with E-state index in [4.69, 9.17) is 9.79 Å². The number of phosphoric ester groups is 1. The molecule has 0 atom stereocenters. The number of hydrogen-bond donors (Lipinski definition) is 2. The summed E-state index contributed by atoms with van der Waals surface area (Å²) in [6.07, 6.45) is 0. The Morgan fingerprint density at radius 2 is 1.93 bits per heavy atom. The largest absolute Gasteiger partial charge is 0.469 e. The summed E-state index contributed by atoms with van der Waals surface area (Å²) in [5, 5.41) is 0. The quantitative estimate of drug-likeness (QED) is 0.245. The Labute approximate surface area is 92.0 Å². The van der Waals surface area contributed by atoms with Gasteiger partial charge in [-0.05, 0) is 6.92 Å². The Hall–Kier alpha value is -0.161. The van der Waals surface area contributed by atoms with Crippen molar-refractivity contribution in [3.8, 4) is 0 Å². The molecule has 8 heteroatoms. The fraction of sp³-hybridized carbons (Fsp3) is 0.500. The fourth-order valence-electron chi connectivity index (χ4n) is 0.414. The Balaban J connectivity index is 0. The summed E-state index contributed by atoms with van der Waals surface area (Å²) < 4.78 is 18.6. The minimum Gasteiger partial charge on any atom is -0.460 e. The second-order valence-electron chi connectivity index (χ2n) is 2.24. The van der Waals surface area contributed by atoms with Gasteiger partial charge in [-0.15, -0.1) is 0 Å². The van der Waals surface area contributed by atoms with Crippen LogP contribution in [0.15, 0.2) is 12.2 Å². The monoisotopic (exact) mass is 273 g/mol. The van der Waals surface area contributed by atoms with E-state index in [2.05, 4.69) is 15.8 Å². The normalized spacial score (nSPS) is 10.2. The van der Waals surface area contributed by atoms with Gasteiger partial charge in [-0.25, -0.2) is 9.36 Å². The molecule has 0 saturated heterocycles. The van der Waals surface area contributed by atoms with Crippen LogP contribution in [0.25, 0.3) is 0 Å². The number of hydrogen-bond acceptors (Lipinski definition) is 4. The summed E-state index contributed by atoms with van der Waals surface area (Å²) in [5.74, 6) is -0.616. The van der Waals surface area contributed by atoms with Crippen molar-refractivity contribution in [2.75, 3.05) is 13.2 Å². The molecular weight excluding hydrogens is 263 g/mol. The van der Waals surface area contributed by atoms with Gasteiger partial charge in [0.1, 0.15) is 6.61 Å². The number of phosphoric acid groups is 1. The molecule has 1 radical (unpaired) electrons. The van der Waals surface area contributed by atoms with E-state index >= 15 is 0 Å². The molecule has 2 N–H and O–H groups in total. The number of carbonyl (C=O) groups is 1. The summed E-state index contributed by atoms with van der Waals surface area (Å²) in [6.45, 7) is 4.22. The summed E-state index contributed by atoms with van der Waals surface area (Å²) in [6, 6.07) is 0. The molecule has 0 amide bonds. The molecule has 0 unspecified atom stereocenters. The first-order valence-electron chi connectivity index (χ1n) is 3.35. The van der Waals surface area contributed by atoms with Gasteiger partial charge in [0.15, 0.2) is 0 Å². The minimum atomic E-state index is -4.46.